The monoisotopic (exact) mass is 264 g/mol. The number of phenolic OH excluding ortho intramolecular Hbond substituents is 1. The average Bonchev–Trinajstić information content (AvgIpc) is 2.80. The summed E-state index contributed by atoms with van der Waals surface area (Å²) in [6, 6.07) is 7.18. The highest BCUT2D eigenvalue weighted by Gasteiger charge is 2.09. The van der Waals surface area contributed by atoms with Crippen molar-refractivity contribution in [2.24, 2.45) is 0 Å². The third kappa shape index (κ3) is 3.50. The van der Waals surface area contributed by atoms with E-state index in [2.05, 4.69) is 17.1 Å². The molecule has 1 aromatic carbocycles. The van der Waals surface area contributed by atoms with Crippen molar-refractivity contribution in [3.63, 3.8) is 0 Å². The van der Waals surface area contributed by atoms with Gasteiger partial charge in [-0.15, -0.1) is 0 Å². The van der Waals surface area contributed by atoms with E-state index in [0.29, 0.717) is 12.3 Å². The van der Waals surface area contributed by atoms with Gasteiger partial charge in [0.2, 0.25) is 5.89 Å². The third-order valence-electron chi connectivity index (χ3n) is 2.42. The van der Waals surface area contributed by atoms with Gasteiger partial charge in [0.25, 0.3) is 0 Å². The summed E-state index contributed by atoms with van der Waals surface area (Å²) in [4.78, 5) is 4.31. The Morgan fingerprint density at radius 2 is 2.17 bits per heavy atom. The molecule has 0 aliphatic heterocycles. The molecule has 0 radical (unpaired) electrons. The zero-order chi connectivity index (χ0) is 12.8. The van der Waals surface area contributed by atoms with E-state index >= 15 is 0 Å². The molecule has 2 rings (SSSR count). The van der Waals surface area contributed by atoms with Crippen LogP contribution in [-0.4, -0.2) is 21.0 Å². The van der Waals surface area contributed by atoms with Crippen LogP contribution in [0.1, 0.15) is 30.6 Å². The first-order valence-electron chi connectivity index (χ1n) is 5.95. The van der Waals surface area contributed by atoms with Crippen molar-refractivity contribution in [2.75, 3.05) is 5.75 Å². The molecule has 0 bridgehead atoms. The van der Waals surface area contributed by atoms with Crippen molar-refractivity contribution < 1.29 is 9.63 Å². The lowest BCUT2D eigenvalue weighted by Gasteiger charge is -1.99. The smallest absolute Gasteiger partial charge is 0.231 e. The van der Waals surface area contributed by atoms with Crippen LogP contribution in [-0.2, 0) is 12.2 Å². The Hall–Kier alpha value is -1.49. The molecule has 4 nitrogen and oxygen atoms in total. The Morgan fingerprint density at radius 3 is 2.94 bits per heavy atom. The lowest BCUT2D eigenvalue weighted by Crippen LogP contribution is -1.90. The number of nitrogens with zero attached hydrogens (tertiary/aromatic N) is 2. The van der Waals surface area contributed by atoms with Crippen molar-refractivity contribution in [3.8, 4) is 5.75 Å². The molecule has 1 heterocycles. The van der Waals surface area contributed by atoms with Gasteiger partial charge in [0.1, 0.15) is 5.75 Å². The van der Waals surface area contributed by atoms with Gasteiger partial charge >= 0.3 is 0 Å². The van der Waals surface area contributed by atoms with Gasteiger partial charge in [-0.1, -0.05) is 30.3 Å². The molecule has 0 aliphatic carbocycles. The standard InChI is InChI=1S/C13H16N2O2S/c1-2-7-18-9-12-14-13(17-15-12)8-10-5-3-4-6-11(10)16/h3-6,16H,2,7-9H2,1H3. The Bertz CT molecular complexity index is 499. The predicted molar refractivity (Wildman–Crippen MR) is 71.7 cm³/mol. The molecule has 0 unspecified atom stereocenters. The van der Waals surface area contributed by atoms with Gasteiger partial charge in [0, 0.05) is 5.56 Å². The molecule has 0 atom stereocenters. The second kappa shape index (κ2) is 6.44. The molecule has 5 heteroatoms. The molecular weight excluding hydrogens is 248 g/mol. The first-order valence-corrected chi connectivity index (χ1v) is 7.11. The van der Waals surface area contributed by atoms with Gasteiger partial charge in [0.15, 0.2) is 5.82 Å². The molecule has 0 saturated heterocycles. The summed E-state index contributed by atoms with van der Waals surface area (Å²) in [7, 11) is 0. The first-order chi connectivity index (χ1) is 8.79. The van der Waals surface area contributed by atoms with E-state index < -0.39 is 0 Å². The van der Waals surface area contributed by atoms with E-state index in [9.17, 15) is 5.11 Å². The van der Waals surface area contributed by atoms with Gasteiger partial charge in [-0.3, -0.25) is 0 Å². The number of hydrogen-bond donors (Lipinski definition) is 1. The molecule has 1 N–H and O–H groups in total. The zero-order valence-electron chi connectivity index (χ0n) is 10.3. The van der Waals surface area contributed by atoms with Crippen molar-refractivity contribution in [2.45, 2.75) is 25.5 Å². The highest BCUT2D eigenvalue weighted by Crippen LogP contribution is 2.19. The Labute approximate surface area is 110 Å². The van der Waals surface area contributed by atoms with Crippen molar-refractivity contribution in [3.05, 3.63) is 41.5 Å². The molecule has 1 aromatic heterocycles. The summed E-state index contributed by atoms with van der Waals surface area (Å²) >= 11 is 1.79. The van der Waals surface area contributed by atoms with Crippen LogP contribution in [0, 0.1) is 0 Å². The highest BCUT2D eigenvalue weighted by atomic mass is 32.2. The van der Waals surface area contributed by atoms with Gasteiger partial charge < -0.3 is 9.63 Å². The minimum Gasteiger partial charge on any atom is -0.508 e. The van der Waals surface area contributed by atoms with Gasteiger partial charge in [0.05, 0.1) is 12.2 Å². The fraction of sp³-hybridized carbons (Fsp3) is 0.385. The molecule has 0 spiro atoms. The van der Waals surface area contributed by atoms with Crippen LogP contribution in [0.2, 0.25) is 0 Å². The molecular formula is C13H16N2O2S. The number of aromatic hydroxyl groups is 1. The number of aromatic nitrogens is 2. The molecule has 2 aromatic rings. The van der Waals surface area contributed by atoms with Crippen LogP contribution in [0.5, 0.6) is 5.75 Å². The Morgan fingerprint density at radius 1 is 1.33 bits per heavy atom. The van der Waals surface area contributed by atoms with Gasteiger partial charge in [-0.2, -0.15) is 16.7 Å². The number of phenols is 1. The Balaban J connectivity index is 1.96. The largest absolute Gasteiger partial charge is 0.508 e. The zero-order valence-corrected chi connectivity index (χ0v) is 11.1. The molecule has 96 valence electrons. The van der Waals surface area contributed by atoms with Gasteiger partial charge in [-0.05, 0) is 18.2 Å². The van der Waals surface area contributed by atoms with E-state index in [1.54, 1.807) is 23.9 Å². The lowest BCUT2D eigenvalue weighted by atomic mass is 10.1. The maximum Gasteiger partial charge on any atom is 0.231 e. The van der Waals surface area contributed by atoms with E-state index in [-0.39, 0.29) is 5.75 Å². The Kier molecular flexibility index (Phi) is 4.64. The van der Waals surface area contributed by atoms with Crippen molar-refractivity contribution in [1.29, 1.82) is 0 Å². The van der Waals surface area contributed by atoms with E-state index in [1.165, 1.54) is 0 Å². The van der Waals surface area contributed by atoms with E-state index in [0.717, 1.165) is 29.3 Å². The summed E-state index contributed by atoms with van der Waals surface area (Å²) in [5.74, 6) is 3.40. The number of benzene rings is 1. The second-order valence-electron chi connectivity index (χ2n) is 3.96. The second-order valence-corrected chi connectivity index (χ2v) is 5.07. The fourth-order valence-electron chi connectivity index (χ4n) is 1.55. The number of para-hydroxylation sites is 1. The van der Waals surface area contributed by atoms with Crippen LogP contribution in [0.3, 0.4) is 0 Å². The lowest BCUT2D eigenvalue weighted by molar-refractivity contribution is 0.378. The minimum atomic E-state index is 0.262. The molecule has 0 saturated carbocycles. The molecule has 18 heavy (non-hydrogen) atoms. The summed E-state index contributed by atoms with van der Waals surface area (Å²) < 4.78 is 5.17. The summed E-state index contributed by atoms with van der Waals surface area (Å²) in [5.41, 5.74) is 0.800. The van der Waals surface area contributed by atoms with Crippen LogP contribution >= 0.6 is 11.8 Å². The first kappa shape index (κ1) is 13.0. The van der Waals surface area contributed by atoms with Crippen LogP contribution in [0.15, 0.2) is 28.8 Å². The quantitative estimate of drug-likeness (QED) is 0.813. The van der Waals surface area contributed by atoms with Crippen molar-refractivity contribution >= 4 is 11.8 Å². The predicted octanol–water partition coefficient (Wildman–Crippen LogP) is 3.01. The molecule has 0 amide bonds. The normalized spacial score (nSPS) is 10.7. The summed E-state index contributed by atoms with van der Waals surface area (Å²) in [6.45, 7) is 2.15. The van der Waals surface area contributed by atoms with Crippen LogP contribution in [0.4, 0.5) is 0 Å². The maximum atomic E-state index is 9.66. The maximum absolute atomic E-state index is 9.66. The molecule has 0 fully saturated rings. The van der Waals surface area contributed by atoms with E-state index in [4.69, 9.17) is 4.52 Å². The third-order valence-corrected chi connectivity index (χ3v) is 3.58. The van der Waals surface area contributed by atoms with Gasteiger partial charge in [-0.25, -0.2) is 0 Å². The fourth-order valence-corrected chi connectivity index (χ4v) is 2.28. The number of hydrogen-bond acceptors (Lipinski definition) is 5. The average molecular weight is 264 g/mol. The molecule has 0 aliphatic rings. The topological polar surface area (TPSA) is 59.2 Å². The van der Waals surface area contributed by atoms with Crippen LogP contribution < -0.4 is 0 Å². The minimum absolute atomic E-state index is 0.262. The van der Waals surface area contributed by atoms with Crippen LogP contribution in [0.25, 0.3) is 0 Å². The highest BCUT2D eigenvalue weighted by molar-refractivity contribution is 7.98. The number of thioether (sulfide) groups is 1. The van der Waals surface area contributed by atoms with Crippen molar-refractivity contribution in [1.82, 2.24) is 10.1 Å². The van der Waals surface area contributed by atoms with E-state index in [1.807, 2.05) is 12.1 Å². The summed E-state index contributed by atoms with van der Waals surface area (Å²) in [6.07, 6.45) is 1.62. The summed E-state index contributed by atoms with van der Waals surface area (Å²) in [5, 5.41) is 13.6. The number of rotatable bonds is 6. The SMILES string of the molecule is CCCSCc1noc(Cc2ccccc2O)n1.